The highest BCUT2D eigenvalue weighted by molar-refractivity contribution is 9.09. The van der Waals surface area contributed by atoms with Crippen LogP contribution in [-0.4, -0.2) is 16.2 Å². The number of nitrogens with one attached hydrogen (secondary N) is 1. The van der Waals surface area contributed by atoms with Crippen LogP contribution in [0.25, 0.3) is 0 Å². The molecule has 1 heterocycles. The lowest BCUT2D eigenvalue weighted by molar-refractivity contribution is -0.113. The number of carbonyl (C=O) groups excluding carboxylic acids is 1. The van der Waals surface area contributed by atoms with Gasteiger partial charge in [-0.2, -0.15) is 0 Å². The van der Waals surface area contributed by atoms with Gasteiger partial charge in [0.05, 0.1) is 5.33 Å². The minimum absolute atomic E-state index is 0.0651. The smallest absolute Gasteiger partial charge is 0.236 e. The van der Waals surface area contributed by atoms with Crippen molar-refractivity contribution in [3.8, 4) is 0 Å². The van der Waals surface area contributed by atoms with Gasteiger partial charge in [0.15, 0.2) is 5.13 Å². The van der Waals surface area contributed by atoms with Crippen LogP contribution in [0.2, 0.25) is 0 Å². The Balaban J connectivity index is 2.64. The van der Waals surface area contributed by atoms with Crippen LogP contribution in [0.3, 0.4) is 0 Å². The van der Waals surface area contributed by atoms with Crippen molar-refractivity contribution in [3.05, 3.63) is 11.1 Å². The Morgan fingerprint density at radius 3 is 2.92 bits per heavy atom. The van der Waals surface area contributed by atoms with E-state index in [1.54, 1.807) is 6.20 Å². The number of carbonyl (C=O) groups is 1. The Morgan fingerprint density at radius 2 is 2.46 bits per heavy atom. The Kier molecular flexibility index (Phi) is 3.87. The van der Waals surface area contributed by atoms with Crippen molar-refractivity contribution in [1.29, 1.82) is 0 Å². The van der Waals surface area contributed by atoms with E-state index in [0.29, 0.717) is 16.4 Å². The third-order valence-electron chi connectivity index (χ3n) is 1.46. The molecule has 0 saturated heterocycles. The summed E-state index contributed by atoms with van der Waals surface area (Å²) in [6.07, 6.45) is 1.80. The number of amides is 1. The summed E-state index contributed by atoms with van der Waals surface area (Å²) in [7, 11) is 0. The van der Waals surface area contributed by atoms with Gasteiger partial charge in [0.1, 0.15) is 0 Å². The second kappa shape index (κ2) is 4.72. The van der Waals surface area contributed by atoms with Crippen LogP contribution in [0.1, 0.15) is 24.6 Å². The Morgan fingerprint density at radius 1 is 1.77 bits per heavy atom. The van der Waals surface area contributed by atoms with Crippen molar-refractivity contribution in [2.45, 2.75) is 19.8 Å². The average Bonchev–Trinajstić information content (AvgIpc) is 2.52. The highest BCUT2D eigenvalue weighted by atomic mass is 79.9. The molecule has 13 heavy (non-hydrogen) atoms. The van der Waals surface area contributed by atoms with E-state index in [1.165, 1.54) is 16.2 Å². The average molecular weight is 263 g/mol. The number of aromatic nitrogens is 1. The van der Waals surface area contributed by atoms with E-state index in [0.717, 1.165) is 0 Å². The van der Waals surface area contributed by atoms with Crippen LogP contribution in [0.15, 0.2) is 6.20 Å². The molecule has 5 heteroatoms. The maximum absolute atomic E-state index is 11.0. The Labute approximate surface area is 89.7 Å². The number of thiazole rings is 1. The lowest BCUT2D eigenvalue weighted by Gasteiger charge is -1.97. The summed E-state index contributed by atoms with van der Waals surface area (Å²) in [5.74, 6) is 0.400. The fraction of sp³-hybridized carbons (Fsp3) is 0.500. The highest BCUT2D eigenvalue weighted by Crippen LogP contribution is 2.24. The molecule has 1 amide bonds. The van der Waals surface area contributed by atoms with Crippen molar-refractivity contribution in [2.75, 3.05) is 10.6 Å². The lowest BCUT2D eigenvalue weighted by atomic mass is 10.2. The normalized spacial score (nSPS) is 10.5. The molecule has 0 aliphatic carbocycles. The van der Waals surface area contributed by atoms with Gasteiger partial charge in [0.2, 0.25) is 5.91 Å². The Bertz CT molecular complexity index is 298. The standard InChI is InChI=1S/C8H11BrN2OS/c1-5(2)6-4-10-8(13-6)11-7(12)3-9/h4-5H,3H2,1-2H3,(H,10,11,12). The minimum atomic E-state index is -0.0651. The molecule has 0 atom stereocenters. The van der Waals surface area contributed by atoms with Crippen molar-refractivity contribution in [1.82, 2.24) is 4.98 Å². The first-order valence-electron chi connectivity index (χ1n) is 3.95. The van der Waals surface area contributed by atoms with Gasteiger partial charge in [-0.1, -0.05) is 29.8 Å². The van der Waals surface area contributed by atoms with Crippen molar-refractivity contribution in [3.63, 3.8) is 0 Å². The molecular weight excluding hydrogens is 252 g/mol. The van der Waals surface area contributed by atoms with E-state index in [9.17, 15) is 4.79 Å². The first kappa shape index (κ1) is 10.7. The van der Waals surface area contributed by atoms with Gasteiger partial charge in [-0.05, 0) is 5.92 Å². The third-order valence-corrected chi connectivity index (χ3v) is 3.18. The summed E-state index contributed by atoms with van der Waals surface area (Å²) >= 11 is 4.59. The first-order valence-corrected chi connectivity index (χ1v) is 5.89. The molecule has 1 N–H and O–H groups in total. The maximum Gasteiger partial charge on any atom is 0.236 e. The fourth-order valence-corrected chi connectivity index (χ4v) is 1.74. The molecule has 0 bridgehead atoms. The van der Waals surface area contributed by atoms with Crippen molar-refractivity contribution >= 4 is 38.3 Å². The van der Waals surface area contributed by atoms with Crippen molar-refractivity contribution < 1.29 is 4.79 Å². The largest absolute Gasteiger partial charge is 0.301 e. The van der Waals surface area contributed by atoms with Gasteiger partial charge < -0.3 is 5.32 Å². The topological polar surface area (TPSA) is 42.0 Å². The van der Waals surface area contributed by atoms with E-state index in [-0.39, 0.29) is 5.91 Å². The fourth-order valence-electron chi connectivity index (χ4n) is 0.764. The molecular formula is C8H11BrN2OS. The zero-order chi connectivity index (χ0) is 9.84. The van der Waals surface area contributed by atoms with Gasteiger partial charge in [-0.25, -0.2) is 4.98 Å². The first-order chi connectivity index (χ1) is 6.13. The van der Waals surface area contributed by atoms with Gasteiger partial charge in [0, 0.05) is 11.1 Å². The minimum Gasteiger partial charge on any atom is -0.301 e. The summed E-state index contributed by atoms with van der Waals surface area (Å²) in [6, 6.07) is 0. The molecule has 0 fully saturated rings. The zero-order valence-electron chi connectivity index (χ0n) is 7.50. The maximum atomic E-state index is 11.0. The molecule has 1 aromatic heterocycles. The summed E-state index contributed by atoms with van der Waals surface area (Å²) in [6.45, 7) is 4.20. The van der Waals surface area contributed by atoms with E-state index >= 15 is 0 Å². The van der Waals surface area contributed by atoms with E-state index in [4.69, 9.17) is 0 Å². The third kappa shape index (κ3) is 3.08. The van der Waals surface area contributed by atoms with Crippen LogP contribution >= 0.6 is 27.3 Å². The van der Waals surface area contributed by atoms with Crippen LogP contribution in [-0.2, 0) is 4.79 Å². The lowest BCUT2D eigenvalue weighted by Crippen LogP contribution is -2.11. The summed E-state index contributed by atoms with van der Waals surface area (Å²) in [5, 5.41) is 3.67. The number of nitrogens with zero attached hydrogens (tertiary/aromatic N) is 1. The molecule has 0 aliphatic rings. The number of rotatable bonds is 3. The summed E-state index contributed by atoms with van der Waals surface area (Å²) < 4.78 is 0. The SMILES string of the molecule is CC(C)c1cnc(NC(=O)CBr)s1. The molecule has 0 aromatic carbocycles. The second-order valence-corrected chi connectivity index (χ2v) is 4.53. The van der Waals surface area contributed by atoms with Crippen LogP contribution in [0.5, 0.6) is 0 Å². The number of halogens is 1. The van der Waals surface area contributed by atoms with Gasteiger partial charge >= 0.3 is 0 Å². The Hall–Kier alpha value is -0.420. The summed E-state index contributed by atoms with van der Waals surface area (Å²) in [4.78, 5) is 16.2. The molecule has 1 rings (SSSR count). The molecule has 0 radical (unpaired) electrons. The molecule has 0 unspecified atom stereocenters. The van der Waals surface area contributed by atoms with E-state index in [1.807, 2.05) is 0 Å². The molecule has 0 saturated carbocycles. The monoisotopic (exact) mass is 262 g/mol. The van der Waals surface area contributed by atoms with Crippen LogP contribution in [0, 0.1) is 0 Å². The van der Waals surface area contributed by atoms with Gasteiger partial charge in [-0.15, -0.1) is 11.3 Å². The number of anilines is 1. The number of hydrogen-bond donors (Lipinski definition) is 1. The highest BCUT2D eigenvalue weighted by Gasteiger charge is 2.07. The molecule has 3 nitrogen and oxygen atoms in total. The number of hydrogen-bond acceptors (Lipinski definition) is 3. The van der Waals surface area contributed by atoms with Gasteiger partial charge in [0.25, 0.3) is 0 Å². The van der Waals surface area contributed by atoms with Crippen LogP contribution in [0.4, 0.5) is 5.13 Å². The van der Waals surface area contributed by atoms with Gasteiger partial charge in [-0.3, -0.25) is 4.79 Å². The molecule has 72 valence electrons. The predicted molar refractivity (Wildman–Crippen MR) is 58.6 cm³/mol. The summed E-state index contributed by atoms with van der Waals surface area (Å²) in [5.41, 5.74) is 0. The van der Waals surface area contributed by atoms with Crippen LogP contribution < -0.4 is 5.32 Å². The van der Waals surface area contributed by atoms with E-state index < -0.39 is 0 Å². The van der Waals surface area contributed by atoms with E-state index in [2.05, 4.69) is 40.1 Å². The van der Waals surface area contributed by atoms with Crippen molar-refractivity contribution in [2.24, 2.45) is 0 Å². The zero-order valence-corrected chi connectivity index (χ0v) is 9.91. The number of alkyl halides is 1. The quantitative estimate of drug-likeness (QED) is 0.852. The molecule has 0 aliphatic heterocycles. The second-order valence-electron chi connectivity index (χ2n) is 2.90. The molecule has 0 spiro atoms. The predicted octanol–water partition coefficient (Wildman–Crippen LogP) is 2.60. The molecule has 1 aromatic rings.